The monoisotopic (exact) mass is 524 g/mol. The molecule has 0 aromatic carbocycles. The molecule has 2 heterocycles. The second-order valence-corrected chi connectivity index (χ2v) is 9.80. The van der Waals surface area contributed by atoms with E-state index in [9.17, 15) is 40.5 Å². The van der Waals surface area contributed by atoms with E-state index in [2.05, 4.69) is 0 Å². The largest absolute Gasteiger partial charge is 0.479 e. The van der Waals surface area contributed by atoms with Gasteiger partial charge in [-0.3, -0.25) is 0 Å². The van der Waals surface area contributed by atoms with Gasteiger partial charge in [0.15, 0.2) is 18.7 Å². The van der Waals surface area contributed by atoms with Crippen LogP contribution in [0.3, 0.4) is 0 Å². The third-order valence-electron chi connectivity index (χ3n) is 7.15. The zero-order chi connectivity index (χ0) is 26.4. The second kappa shape index (κ2) is 13.7. The van der Waals surface area contributed by atoms with E-state index in [-0.39, 0.29) is 25.6 Å². The number of hydrogen-bond acceptors (Lipinski definition) is 12. The van der Waals surface area contributed by atoms with Gasteiger partial charge < -0.3 is 59.4 Å². The molecule has 13 nitrogen and oxygen atoms in total. The van der Waals surface area contributed by atoms with Crippen LogP contribution in [-0.4, -0.2) is 129 Å². The Morgan fingerprint density at radius 1 is 0.861 bits per heavy atom. The summed E-state index contributed by atoms with van der Waals surface area (Å²) in [5, 5.41) is 70.2. The minimum atomic E-state index is -1.57. The smallest absolute Gasteiger partial charge is 0.332 e. The molecule has 1 aliphatic carbocycles. The van der Waals surface area contributed by atoms with Gasteiger partial charge in [0.25, 0.3) is 0 Å². The summed E-state index contributed by atoms with van der Waals surface area (Å²) in [6.07, 6.45) is -9.28. The molecule has 2 saturated heterocycles. The minimum Gasteiger partial charge on any atom is -0.479 e. The van der Waals surface area contributed by atoms with Crippen LogP contribution in [0.15, 0.2) is 0 Å². The lowest BCUT2D eigenvalue weighted by atomic mass is 9.85. The predicted octanol–water partition coefficient (Wildman–Crippen LogP) is -1.91. The average Bonchev–Trinajstić information content (AvgIpc) is 2.86. The van der Waals surface area contributed by atoms with Crippen LogP contribution in [-0.2, 0) is 28.5 Å². The van der Waals surface area contributed by atoms with Crippen molar-refractivity contribution in [3.8, 4) is 0 Å². The first kappa shape index (κ1) is 29.6. The van der Waals surface area contributed by atoms with E-state index in [0.29, 0.717) is 0 Å². The minimum absolute atomic E-state index is 0.166. The molecule has 3 fully saturated rings. The zero-order valence-corrected chi connectivity index (χ0v) is 20.4. The molecular formula is C23H40O13. The molecular weight excluding hydrogens is 484 g/mol. The van der Waals surface area contributed by atoms with Gasteiger partial charge in [-0.15, -0.1) is 0 Å². The maximum Gasteiger partial charge on any atom is 0.332 e. The lowest BCUT2D eigenvalue weighted by Gasteiger charge is -2.43. The number of carboxylic acids is 1. The van der Waals surface area contributed by atoms with Gasteiger partial charge in [-0.1, -0.05) is 32.1 Å². The molecule has 1 saturated carbocycles. The standard InChI is InChI=1S/C23H40O13/c1-11-15(25)17(27)18(28)22(34-11)32-7-8-33-23-19(29)20(16(26)14(10-24)36-23)35-13(21(30)31)9-12-5-3-2-4-6-12/h11-20,22-29H,2-10H2,1H3,(H,30,31)/t11-,13-,14+,15+,16-,17+,18-,19+,20-,22+,23+/m0/s1. The van der Waals surface area contributed by atoms with Crippen molar-refractivity contribution in [2.24, 2.45) is 5.92 Å². The summed E-state index contributed by atoms with van der Waals surface area (Å²) < 4.78 is 27.3. The van der Waals surface area contributed by atoms with Crippen molar-refractivity contribution < 1.29 is 64.2 Å². The predicted molar refractivity (Wildman–Crippen MR) is 120 cm³/mol. The third-order valence-corrected chi connectivity index (χ3v) is 7.15. The highest BCUT2D eigenvalue weighted by atomic mass is 16.7. The van der Waals surface area contributed by atoms with Crippen molar-refractivity contribution in [3.63, 3.8) is 0 Å². The fourth-order valence-electron chi connectivity index (χ4n) is 4.96. The van der Waals surface area contributed by atoms with E-state index in [4.69, 9.17) is 23.7 Å². The molecule has 7 N–H and O–H groups in total. The van der Waals surface area contributed by atoms with Crippen molar-refractivity contribution >= 4 is 5.97 Å². The van der Waals surface area contributed by atoms with E-state index >= 15 is 0 Å². The molecule has 2 aliphatic heterocycles. The van der Waals surface area contributed by atoms with Crippen LogP contribution in [0.4, 0.5) is 0 Å². The Morgan fingerprint density at radius 2 is 1.47 bits per heavy atom. The summed E-state index contributed by atoms with van der Waals surface area (Å²) in [6, 6.07) is 0. The van der Waals surface area contributed by atoms with Crippen LogP contribution >= 0.6 is 0 Å². The lowest BCUT2D eigenvalue weighted by molar-refractivity contribution is -0.321. The second-order valence-electron chi connectivity index (χ2n) is 9.80. The van der Waals surface area contributed by atoms with Crippen LogP contribution in [0.2, 0.25) is 0 Å². The Kier molecular flexibility index (Phi) is 11.3. The van der Waals surface area contributed by atoms with Gasteiger partial charge in [0.2, 0.25) is 0 Å². The van der Waals surface area contributed by atoms with Crippen molar-refractivity contribution in [2.45, 2.75) is 113 Å². The van der Waals surface area contributed by atoms with Crippen LogP contribution in [0.1, 0.15) is 45.4 Å². The first-order chi connectivity index (χ1) is 17.1. The van der Waals surface area contributed by atoms with Gasteiger partial charge in [0, 0.05) is 0 Å². The number of carbonyl (C=O) groups is 1. The van der Waals surface area contributed by atoms with Gasteiger partial charge >= 0.3 is 5.97 Å². The summed E-state index contributed by atoms with van der Waals surface area (Å²) in [5.41, 5.74) is 0. The number of aliphatic carboxylic acids is 1. The van der Waals surface area contributed by atoms with Crippen molar-refractivity contribution in [1.29, 1.82) is 0 Å². The van der Waals surface area contributed by atoms with E-state index < -0.39 is 80.1 Å². The molecule has 210 valence electrons. The molecule has 0 unspecified atom stereocenters. The van der Waals surface area contributed by atoms with Crippen LogP contribution in [0.5, 0.6) is 0 Å². The number of rotatable bonds is 11. The SMILES string of the molecule is C[C@@H]1O[C@@H](OCCO[C@@H]2O[C@H](CO)[C@H](O)[C@H](O[C@@H](CC3CCCCC3)C(=O)O)[C@H]2O)[C@@H](O)[C@H](O)[C@@H]1O. The van der Waals surface area contributed by atoms with Crippen molar-refractivity contribution in [2.75, 3.05) is 19.8 Å². The molecule has 0 aromatic heterocycles. The number of aliphatic hydroxyl groups is 6. The maximum atomic E-state index is 11.9. The fraction of sp³-hybridized carbons (Fsp3) is 0.957. The number of ether oxygens (including phenoxy) is 5. The Morgan fingerprint density at radius 3 is 2.06 bits per heavy atom. The van der Waals surface area contributed by atoms with Crippen molar-refractivity contribution in [3.05, 3.63) is 0 Å². The number of aliphatic hydroxyl groups excluding tert-OH is 6. The van der Waals surface area contributed by atoms with E-state index in [1.54, 1.807) is 0 Å². The highest BCUT2D eigenvalue weighted by molar-refractivity contribution is 5.72. The topological polar surface area (TPSA) is 205 Å². The van der Waals surface area contributed by atoms with E-state index in [0.717, 1.165) is 32.1 Å². The molecule has 0 radical (unpaired) electrons. The molecule has 3 aliphatic rings. The van der Waals surface area contributed by atoms with Crippen molar-refractivity contribution in [1.82, 2.24) is 0 Å². The Bertz CT molecular complexity index is 674. The molecule has 36 heavy (non-hydrogen) atoms. The number of carboxylic acid groups (broad SMARTS) is 1. The summed E-state index contributed by atoms with van der Waals surface area (Å²) in [4.78, 5) is 11.9. The molecule has 11 atom stereocenters. The molecule has 0 spiro atoms. The van der Waals surface area contributed by atoms with Gasteiger partial charge in [0.1, 0.15) is 42.7 Å². The summed E-state index contributed by atoms with van der Waals surface area (Å²) >= 11 is 0. The highest BCUT2D eigenvalue weighted by Crippen LogP contribution is 2.31. The first-order valence-electron chi connectivity index (χ1n) is 12.6. The third kappa shape index (κ3) is 7.32. The average molecular weight is 525 g/mol. The Balaban J connectivity index is 1.55. The molecule has 13 heteroatoms. The number of hydrogen-bond donors (Lipinski definition) is 7. The highest BCUT2D eigenvalue weighted by Gasteiger charge is 2.48. The van der Waals surface area contributed by atoms with Crippen LogP contribution in [0, 0.1) is 5.92 Å². The van der Waals surface area contributed by atoms with Gasteiger partial charge in [-0.2, -0.15) is 0 Å². The normalized spacial score (nSPS) is 41.2. The van der Waals surface area contributed by atoms with Gasteiger partial charge in [0.05, 0.1) is 25.9 Å². The summed E-state index contributed by atoms with van der Waals surface area (Å²) in [5.74, 6) is -1.03. The summed E-state index contributed by atoms with van der Waals surface area (Å²) in [6.45, 7) is 0.538. The lowest BCUT2D eigenvalue weighted by Crippen LogP contribution is -2.61. The van der Waals surface area contributed by atoms with Gasteiger partial charge in [-0.25, -0.2) is 4.79 Å². The Labute approximate surface area is 209 Å². The van der Waals surface area contributed by atoms with Gasteiger partial charge in [-0.05, 0) is 19.3 Å². The molecule has 3 rings (SSSR count). The Hall–Kier alpha value is -0.970. The fourth-order valence-corrected chi connectivity index (χ4v) is 4.96. The molecule has 0 aromatic rings. The summed E-state index contributed by atoms with van der Waals surface area (Å²) in [7, 11) is 0. The molecule has 0 amide bonds. The van der Waals surface area contributed by atoms with E-state index in [1.165, 1.54) is 6.92 Å². The molecule has 0 bridgehead atoms. The van der Waals surface area contributed by atoms with E-state index in [1.807, 2.05) is 0 Å². The maximum absolute atomic E-state index is 11.9. The quantitative estimate of drug-likeness (QED) is 0.148. The van der Waals surface area contributed by atoms with Crippen LogP contribution in [0.25, 0.3) is 0 Å². The first-order valence-corrected chi connectivity index (χ1v) is 12.6. The van der Waals surface area contributed by atoms with Crippen LogP contribution < -0.4 is 0 Å². The zero-order valence-electron chi connectivity index (χ0n) is 20.4.